The van der Waals surface area contributed by atoms with Gasteiger partial charge in [0.2, 0.25) is 0 Å². The molecule has 4 nitrogen and oxygen atoms in total. The maximum atomic E-state index is 12.0. The Morgan fingerprint density at radius 3 is 2.41 bits per heavy atom. The summed E-state index contributed by atoms with van der Waals surface area (Å²) in [5.41, 5.74) is 2.77. The third-order valence-corrected chi connectivity index (χ3v) is 4.58. The van der Waals surface area contributed by atoms with Crippen LogP contribution in [0.4, 0.5) is 11.4 Å². The summed E-state index contributed by atoms with van der Waals surface area (Å²) < 4.78 is 6.57. The van der Waals surface area contributed by atoms with Crippen LogP contribution in [-0.2, 0) is 11.3 Å². The third-order valence-electron chi connectivity index (χ3n) is 3.75. The Balaban J connectivity index is 1.51. The summed E-state index contributed by atoms with van der Waals surface area (Å²) in [6, 6.07) is 22.7. The van der Waals surface area contributed by atoms with Gasteiger partial charge in [-0.15, -0.1) is 0 Å². The molecule has 0 bridgehead atoms. The monoisotopic (exact) mass is 444 g/mol. The predicted molar refractivity (Wildman–Crippen MR) is 113 cm³/mol. The van der Waals surface area contributed by atoms with E-state index in [0.29, 0.717) is 17.3 Å². The molecule has 3 aromatic carbocycles. The topological polar surface area (TPSA) is 50.4 Å². The smallest absolute Gasteiger partial charge is 0.262 e. The largest absolute Gasteiger partial charge is 0.482 e. The molecule has 0 aliphatic heterocycles. The minimum absolute atomic E-state index is 0.106. The van der Waals surface area contributed by atoms with Crippen molar-refractivity contribution in [1.29, 1.82) is 0 Å². The first-order valence-electron chi connectivity index (χ1n) is 8.36. The average molecular weight is 446 g/mol. The van der Waals surface area contributed by atoms with Crippen molar-refractivity contribution >= 4 is 44.8 Å². The summed E-state index contributed by atoms with van der Waals surface area (Å²) >= 11 is 9.70. The van der Waals surface area contributed by atoms with E-state index in [-0.39, 0.29) is 12.5 Å². The summed E-state index contributed by atoms with van der Waals surface area (Å²) in [4.78, 5) is 12.0. The van der Waals surface area contributed by atoms with Crippen LogP contribution in [0.3, 0.4) is 0 Å². The van der Waals surface area contributed by atoms with E-state index >= 15 is 0 Å². The number of carbonyl (C=O) groups is 1. The number of benzene rings is 3. The number of hydrogen-bond acceptors (Lipinski definition) is 3. The van der Waals surface area contributed by atoms with Gasteiger partial charge < -0.3 is 15.4 Å². The lowest BCUT2D eigenvalue weighted by molar-refractivity contribution is -0.118. The summed E-state index contributed by atoms with van der Waals surface area (Å²) in [7, 11) is 0. The van der Waals surface area contributed by atoms with Crippen molar-refractivity contribution in [3.8, 4) is 5.75 Å². The zero-order chi connectivity index (χ0) is 19.1. The number of ether oxygens (including phenoxy) is 1. The Labute approximate surface area is 171 Å². The highest BCUT2D eigenvalue weighted by Crippen LogP contribution is 2.26. The zero-order valence-electron chi connectivity index (χ0n) is 14.4. The van der Waals surface area contributed by atoms with Crippen molar-refractivity contribution in [1.82, 2.24) is 0 Å². The summed E-state index contributed by atoms with van der Waals surface area (Å²) in [6.45, 7) is 0.529. The van der Waals surface area contributed by atoms with Gasteiger partial charge in [0.1, 0.15) is 5.75 Å². The molecule has 0 spiro atoms. The van der Waals surface area contributed by atoms with E-state index < -0.39 is 0 Å². The first kappa shape index (κ1) is 19.3. The molecule has 0 saturated carbocycles. The summed E-state index contributed by atoms with van der Waals surface area (Å²) in [5, 5.41) is 6.56. The Bertz CT molecular complexity index is 902. The van der Waals surface area contributed by atoms with Crippen LogP contribution in [0.5, 0.6) is 5.75 Å². The molecular weight excluding hydrogens is 428 g/mol. The molecule has 0 heterocycles. The van der Waals surface area contributed by atoms with Gasteiger partial charge in [-0.2, -0.15) is 0 Å². The highest BCUT2D eigenvalue weighted by atomic mass is 79.9. The minimum Gasteiger partial charge on any atom is -0.482 e. The van der Waals surface area contributed by atoms with Crippen LogP contribution in [-0.4, -0.2) is 12.5 Å². The second-order valence-corrected chi connectivity index (χ2v) is 7.15. The Morgan fingerprint density at radius 1 is 0.963 bits per heavy atom. The fourth-order valence-corrected chi connectivity index (χ4v) is 2.93. The van der Waals surface area contributed by atoms with Gasteiger partial charge in [-0.3, -0.25) is 4.79 Å². The first-order chi connectivity index (χ1) is 13.1. The number of anilines is 2. The van der Waals surface area contributed by atoms with E-state index in [0.717, 1.165) is 21.4 Å². The molecule has 0 saturated heterocycles. The van der Waals surface area contributed by atoms with E-state index in [4.69, 9.17) is 16.3 Å². The van der Waals surface area contributed by atoms with Crippen LogP contribution >= 0.6 is 27.5 Å². The van der Waals surface area contributed by atoms with Crippen LogP contribution in [0, 0.1) is 0 Å². The molecule has 1 amide bonds. The SMILES string of the molecule is O=C(COc1ccc(CNc2ccc(Br)cc2)cc1Cl)Nc1ccccc1. The molecule has 0 aliphatic rings. The van der Waals surface area contributed by atoms with Crippen molar-refractivity contribution in [2.75, 3.05) is 17.2 Å². The molecule has 0 radical (unpaired) electrons. The standard InChI is InChI=1S/C21H18BrClN2O2/c22-16-7-9-17(10-8-16)24-13-15-6-11-20(19(23)12-15)27-14-21(26)25-18-4-2-1-3-5-18/h1-12,24H,13-14H2,(H,25,26). The molecule has 3 aromatic rings. The average Bonchev–Trinajstić information content (AvgIpc) is 2.67. The second-order valence-electron chi connectivity index (χ2n) is 5.83. The lowest BCUT2D eigenvalue weighted by Gasteiger charge is -2.11. The maximum Gasteiger partial charge on any atom is 0.262 e. The van der Waals surface area contributed by atoms with Crippen LogP contribution in [0.15, 0.2) is 77.3 Å². The third kappa shape index (κ3) is 6.01. The Kier molecular flexibility index (Phi) is 6.74. The van der Waals surface area contributed by atoms with Gasteiger partial charge in [-0.1, -0.05) is 51.8 Å². The second kappa shape index (κ2) is 9.44. The molecule has 0 atom stereocenters. The molecular formula is C21H18BrClN2O2. The predicted octanol–water partition coefficient (Wildman–Crippen LogP) is 5.73. The maximum absolute atomic E-state index is 12.0. The lowest BCUT2D eigenvalue weighted by atomic mass is 10.2. The number of amides is 1. The molecule has 27 heavy (non-hydrogen) atoms. The summed E-state index contributed by atoms with van der Waals surface area (Å²) in [6.07, 6.45) is 0. The highest BCUT2D eigenvalue weighted by Gasteiger charge is 2.07. The number of para-hydroxylation sites is 1. The Hall–Kier alpha value is -2.50. The number of nitrogens with one attached hydrogen (secondary N) is 2. The van der Waals surface area contributed by atoms with Gasteiger partial charge in [0.05, 0.1) is 5.02 Å². The number of rotatable bonds is 7. The van der Waals surface area contributed by atoms with Crippen molar-refractivity contribution in [3.63, 3.8) is 0 Å². The molecule has 0 aliphatic carbocycles. The van der Waals surface area contributed by atoms with E-state index in [1.807, 2.05) is 66.7 Å². The van der Waals surface area contributed by atoms with E-state index in [9.17, 15) is 4.79 Å². The van der Waals surface area contributed by atoms with Gasteiger partial charge in [-0.05, 0) is 54.1 Å². The van der Waals surface area contributed by atoms with Crippen molar-refractivity contribution < 1.29 is 9.53 Å². The number of halogens is 2. The molecule has 2 N–H and O–H groups in total. The quantitative estimate of drug-likeness (QED) is 0.488. The van der Waals surface area contributed by atoms with Crippen LogP contribution in [0.2, 0.25) is 5.02 Å². The van der Waals surface area contributed by atoms with Crippen LogP contribution < -0.4 is 15.4 Å². The molecule has 0 unspecified atom stereocenters. The van der Waals surface area contributed by atoms with Gasteiger partial charge >= 0.3 is 0 Å². The van der Waals surface area contributed by atoms with Gasteiger partial charge in [0.25, 0.3) is 5.91 Å². The van der Waals surface area contributed by atoms with Crippen LogP contribution in [0.1, 0.15) is 5.56 Å². The van der Waals surface area contributed by atoms with Gasteiger partial charge in [0.15, 0.2) is 6.61 Å². The highest BCUT2D eigenvalue weighted by molar-refractivity contribution is 9.10. The van der Waals surface area contributed by atoms with E-state index in [1.54, 1.807) is 6.07 Å². The molecule has 138 valence electrons. The number of hydrogen-bond donors (Lipinski definition) is 2. The normalized spacial score (nSPS) is 10.3. The van der Waals surface area contributed by atoms with Crippen molar-refractivity contribution in [2.45, 2.75) is 6.54 Å². The fraction of sp³-hybridized carbons (Fsp3) is 0.0952. The molecule has 3 rings (SSSR count). The van der Waals surface area contributed by atoms with Crippen molar-refractivity contribution in [2.24, 2.45) is 0 Å². The zero-order valence-corrected chi connectivity index (χ0v) is 16.8. The molecule has 0 aromatic heterocycles. The van der Waals surface area contributed by atoms with Gasteiger partial charge in [-0.25, -0.2) is 0 Å². The molecule has 6 heteroatoms. The van der Waals surface area contributed by atoms with E-state index in [1.165, 1.54) is 0 Å². The Morgan fingerprint density at radius 2 is 1.70 bits per heavy atom. The van der Waals surface area contributed by atoms with Gasteiger partial charge in [0, 0.05) is 22.4 Å². The first-order valence-corrected chi connectivity index (χ1v) is 9.53. The van der Waals surface area contributed by atoms with E-state index in [2.05, 4.69) is 26.6 Å². The summed E-state index contributed by atoms with van der Waals surface area (Å²) in [5.74, 6) is 0.241. The minimum atomic E-state index is -0.238. The lowest BCUT2D eigenvalue weighted by Crippen LogP contribution is -2.20. The van der Waals surface area contributed by atoms with Crippen molar-refractivity contribution in [3.05, 3.63) is 87.9 Å². The molecule has 0 fully saturated rings. The van der Waals surface area contributed by atoms with Crippen LogP contribution in [0.25, 0.3) is 0 Å². The fourth-order valence-electron chi connectivity index (χ4n) is 2.41. The number of carbonyl (C=O) groups excluding carboxylic acids is 1.